The molecule has 0 amide bonds. The molecule has 0 aromatic heterocycles. The summed E-state index contributed by atoms with van der Waals surface area (Å²) >= 11 is 0. The van der Waals surface area contributed by atoms with E-state index in [1.807, 2.05) is 0 Å². The Morgan fingerprint density at radius 3 is 0.952 bits per heavy atom. The Morgan fingerprint density at radius 1 is 0.468 bits per heavy atom. The summed E-state index contributed by atoms with van der Waals surface area (Å²) in [7, 11) is 3.33. The first-order valence-corrected chi connectivity index (χ1v) is 20.7. The van der Waals surface area contributed by atoms with Gasteiger partial charge < -0.3 is 43.6 Å². The molecule has 0 bridgehead atoms. The highest BCUT2D eigenvalue weighted by molar-refractivity contribution is 8.09. The summed E-state index contributed by atoms with van der Waals surface area (Å²) in [4.78, 5) is 47.9. The van der Waals surface area contributed by atoms with E-state index in [1.54, 1.807) is 86.0 Å². The minimum Gasteiger partial charge on any atom is -0.504 e. The largest absolute Gasteiger partial charge is 0.504 e. The average Bonchev–Trinajstić information content (AvgIpc) is 3.24. The third-order valence-electron chi connectivity index (χ3n) is 7.78. The van der Waals surface area contributed by atoms with Crippen LogP contribution in [-0.2, 0) is 33.1 Å². The monoisotopic (exact) mass is 878 g/mol. The second kappa shape index (κ2) is 24.3. The smallest absolute Gasteiger partial charge is 0.163 e. The van der Waals surface area contributed by atoms with Crippen molar-refractivity contribution < 1.29 is 76.5 Å². The maximum Gasteiger partial charge on any atom is 0.163 e. The maximum atomic E-state index is 12.0. The molecule has 4 aromatic carbocycles. The van der Waals surface area contributed by atoms with Crippen molar-refractivity contribution in [2.45, 2.75) is 12.8 Å². The molecule has 0 aliphatic carbocycles. The van der Waals surface area contributed by atoms with E-state index in [9.17, 15) is 38.7 Å². The number of benzene rings is 4. The first-order chi connectivity index (χ1) is 29.2. The van der Waals surface area contributed by atoms with Crippen LogP contribution in [-0.4, -0.2) is 101 Å². The molecule has 16 nitrogen and oxygen atoms in total. The quantitative estimate of drug-likeness (QED) is 0.0293. The molecule has 4 rings (SSSR count). The van der Waals surface area contributed by atoms with E-state index < -0.39 is 9.63 Å². The molecular formula is C45H50O16S. The fourth-order valence-electron chi connectivity index (χ4n) is 4.69. The van der Waals surface area contributed by atoms with Crippen LogP contribution < -0.4 is 23.7 Å². The van der Waals surface area contributed by atoms with Crippen molar-refractivity contribution in [3.63, 3.8) is 0 Å². The van der Waals surface area contributed by atoms with Crippen molar-refractivity contribution in [2.24, 2.45) is 0 Å². The number of phenols is 3. The lowest BCUT2D eigenvalue weighted by Gasteiger charge is -2.20. The molecule has 0 saturated heterocycles. The first-order valence-electron chi connectivity index (χ1n) is 18.1. The van der Waals surface area contributed by atoms with Crippen LogP contribution in [0.1, 0.15) is 35.1 Å². The van der Waals surface area contributed by atoms with Gasteiger partial charge in [0.1, 0.15) is 9.63 Å². The van der Waals surface area contributed by atoms with Gasteiger partial charge in [0.2, 0.25) is 0 Å². The van der Waals surface area contributed by atoms with Crippen LogP contribution in [0, 0.1) is 0 Å². The summed E-state index contributed by atoms with van der Waals surface area (Å²) in [5, 5.41) is 36.3. The van der Waals surface area contributed by atoms with Crippen LogP contribution in [0.25, 0.3) is 24.3 Å². The highest BCUT2D eigenvalue weighted by Crippen LogP contribution is 2.30. The number of hydrogen-bond acceptors (Lipinski definition) is 15. The highest BCUT2D eigenvalue weighted by atomic mass is 32.3. The second-order valence-corrected chi connectivity index (χ2v) is 16.7. The van der Waals surface area contributed by atoms with Crippen LogP contribution >= 0.6 is 0 Å². The molecule has 0 radical (unpaired) electrons. The number of carbonyl (C=O) groups excluding carboxylic acids is 4. The second-order valence-electron chi connectivity index (χ2n) is 13.2. The van der Waals surface area contributed by atoms with Crippen molar-refractivity contribution >= 4 is 57.1 Å². The zero-order valence-electron chi connectivity index (χ0n) is 35.1. The molecule has 0 aliphatic heterocycles. The average molecular weight is 879 g/mol. The van der Waals surface area contributed by atoms with Gasteiger partial charge in [0.25, 0.3) is 0 Å². The summed E-state index contributed by atoms with van der Waals surface area (Å²) in [6.45, 7) is 0. The van der Waals surface area contributed by atoms with Gasteiger partial charge in [-0.1, -0.05) is 48.6 Å². The standard InChI is InChI=1S/C22H22O6.C21H20O6.C2H8O4S/c1-26-20-11-7-16(13-22(20)28-3)5-9-18(24)14-17(23)8-4-15-6-10-19(25)21(12-15)27-2;1-26-20-11-14(5-9-18(20)24)3-7-16(22)13-17(23)8-4-15-6-10-19(25)21(12-15)27-2;1-7(2,4,5)6-3/h4-13,25H,14H2,1-3H3;3-12,24-25H,13H2,1-2H3;3H,1-2H3,(H,4,5)/b8-4+,9-5+;7-3+,8-4+;. The van der Waals surface area contributed by atoms with Crippen molar-refractivity contribution in [1.82, 2.24) is 0 Å². The molecule has 0 aliphatic rings. The number of methoxy groups -OCH3 is 5. The van der Waals surface area contributed by atoms with E-state index in [2.05, 4.69) is 4.33 Å². The lowest BCUT2D eigenvalue weighted by Crippen LogP contribution is -2.29. The molecule has 0 unspecified atom stereocenters. The number of rotatable bonds is 18. The van der Waals surface area contributed by atoms with Crippen LogP contribution in [0.3, 0.4) is 0 Å². The predicted molar refractivity (Wildman–Crippen MR) is 235 cm³/mol. The van der Waals surface area contributed by atoms with Crippen molar-refractivity contribution in [3.05, 3.63) is 119 Å². The Labute approximate surface area is 358 Å². The number of ether oxygens (including phenoxy) is 5. The van der Waals surface area contributed by atoms with E-state index in [4.69, 9.17) is 33.5 Å². The Bertz CT molecular complexity index is 2300. The molecule has 62 heavy (non-hydrogen) atoms. The van der Waals surface area contributed by atoms with Gasteiger partial charge in [-0.05, 0) is 95.1 Å². The summed E-state index contributed by atoms with van der Waals surface area (Å²) < 4.78 is 47.2. The van der Waals surface area contributed by atoms with Gasteiger partial charge in [-0.3, -0.25) is 19.2 Å². The third kappa shape index (κ3) is 18.9. The van der Waals surface area contributed by atoms with Crippen LogP contribution in [0.2, 0.25) is 0 Å². The van der Waals surface area contributed by atoms with E-state index in [0.717, 1.165) is 18.1 Å². The summed E-state index contributed by atoms with van der Waals surface area (Å²) in [5.74, 6) is 0.754. The predicted octanol–water partition coefficient (Wildman–Crippen LogP) is 6.99. The SMILES string of the molecule is COc1cc(/C=C/C(=O)CC(=O)/C=C/c2ccc(O)c(OC)c2)ccc1O.COc1cc(/C=C/C(=O)CC(=O)/C=C/c2ccc(OC)c(OC)c2)ccc1O.CS(C)(=O)(O)OO. The van der Waals surface area contributed by atoms with Crippen LogP contribution in [0.4, 0.5) is 0 Å². The van der Waals surface area contributed by atoms with Gasteiger partial charge in [-0.2, -0.15) is 0 Å². The maximum absolute atomic E-state index is 12.0. The van der Waals surface area contributed by atoms with Gasteiger partial charge >= 0.3 is 0 Å². The number of phenolic OH excluding ortho intramolecular Hbond substituents is 3. The van der Waals surface area contributed by atoms with Crippen LogP contribution in [0.15, 0.2) is 97.1 Å². The fraction of sp³-hybridized carbons (Fsp3) is 0.200. The topological polar surface area (TPSA) is 242 Å². The Hall–Kier alpha value is -7.05. The van der Waals surface area contributed by atoms with E-state index in [-0.39, 0.29) is 53.2 Å². The first kappa shape index (κ1) is 51.1. The molecule has 0 saturated carbocycles. The summed E-state index contributed by atoms with van der Waals surface area (Å²) in [5.41, 5.74) is 2.76. The van der Waals surface area contributed by atoms with Crippen LogP contribution in [0.5, 0.6) is 46.0 Å². The number of aromatic hydroxyl groups is 3. The molecule has 0 fully saturated rings. The molecular weight excluding hydrogens is 829 g/mol. The molecule has 0 heterocycles. The van der Waals surface area contributed by atoms with Gasteiger partial charge in [0.15, 0.2) is 69.1 Å². The molecule has 4 aromatic rings. The third-order valence-corrected chi connectivity index (χ3v) is 8.20. The normalized spacial score (nSPS) is 11.8. The summed E-state index contributed by atoms with van der Waals surface area (Å²) in [6.07, 6.45) is 12.9. The minimum atomic E-state index is -4.06. The Kier molecular flexibility index (Phi) is 20.0. The Balaban J connectivity index is 0.000000370. The molecule has 5 N–H and O–H groups in total. The molecule has 0 spiro atoms. The lowest BCUT2D eigenvalue weighted by atomic mass is 10.1. The summed E-state index contributed by atoms with van der Waals surface area (Å²) in [6, 6.07) is 19.3. The number of carbonyl (C=O) groups is 4. The van der Waals surface area contributed by atoms with E-state index in [1.165, 1.54) is 70.9 Å². The number of hydrogen-bond donors (Lipinski definition) is 5. The molecule has 332 valence electrons. The van der Waals surface area contributed by atoms with Crippen molar-refractivity contribution in [3.8, 4) is 46.0 Å². The van der Waals surface area contributed by atoms with Crippen molar-refractivity contribution in [2.75, 3.05) is 48.1 Å². The Morgan fingerprint density at radius 2 is 0.710 bits per heavy atom. The lowest BCUT2D eigenvalue weighted by molar-refractivity contribution is -0.141. The van der Waals surface area contributed by atoms with Gasteiger partial charge in [0.05, 0.1) is 48.4 Å². The highest BCUT2D eigenvalue weighted by Gasteiger charge is 2.18. The fourth-order valence-corrected chi connectivity index (χ4v) is 4.69. The van der Waals surface area contributed by atoms with Gasteiger partial charge in [-0.25, -0.2) is 9.47 Å². The minimum absolute atomic E-state index is 0.00662. The number of ketones is 4. The molecule has 0 atom stereocenters. The zero-order chi connectivity index (χ0) is 46.5. The van der Waals surface area contributed by atoms with E-state index in [0.29, 0.717) is 45.4 Å². The van der Waals surface area contributed by atoms with Gasteiger partial charge in [0, 0.05) is 12.5 Å². The zero-order valence-corrected chi connectivity index (χ0v) is 35.9. The van der Waals surface area contributed by atoms with Crippen molar-refractivity contribution in [1.29, 1.82) is 0 Å². The number of allylic oxidation sites excluding steroid dienone is 4. The molecule has 17 heteroatoms. The van der Waals surface area contributed by atoms with Gasteiger partial charge in [-0.15, -0.1) is 4.33 Å². The van der Waals surface area contributed by atoms with E-state index >= 15 is 0 Å².